The molecule has 0 heterocycles. The third-order valence-corrected chi connectivity index (χ3v) is 2.62. The molecular formula is C14H12FNO3. The molecule has 3 N–H and O–H groups in total. The highest BCUT2D eigenvalue weighted by molar-refractivity contribution is 5.95. The summed E-state index contributed by atoms with van der Waals surface area (Å²) in [6.07, 6.45) is 0. The molecule has 5 heteroatoms. The fourth-order valence-electron chi connectivity index (χ4n) is 1.72. The Kier molecular flexibility index (Phi) is 3.66. The molecule has 2 aromatic rings. The number of nitrogen functional groups attached to an aromatic ring is 1. The number of carboxylic acids is 1. The maximum absolute atomic E-state index is 13.4. The van der Waals surface area contributed by atoms with Crippen LogP contribution in [-0.4, -0.2) is 11.1 Å². The SMILES string of the molecule is Nc1cccc(COc2ccccc2F)c1C(=O)O. The van der Waals surface area contributed by atoms with Gasteiger partial charge in [-0.05, 0) is 18.2 Å². The van der Waals surface area contributed by atoms with Crippen LogP contribution in [0.2, 0.25) is 0 Å². The number of nitrogens with two attached hydrogens (primary N) is 1. The van der Waals surface area contributed by atoms with Gasteiger partial charge in [0.2, 0.25) is 0 Å². The summed E-state index contributed by atoms with van der Waals surface area (Å²) in [7, 11) is 0. The molecule has 98 valence electrons. The van der Waals surface area contributed by atoms with Crippen LogP contribution < -0.4 is 10.5 Å². The second-order valence-electron chi connectivity index (χ2n) is 3.91. The number of hydrogen-bond donors (Lipinski definition) is 2. The summed E-state index contributed by atoms with van der Waals surface area (Å²) in [4.78, 5) is 11.1. The molecule has 0 fully saturated rings. The Labute approximate surface area is 109 Å². The van der Waals surface area contributed by atoms with E-state index in [1.165, 1.54) is 18.2 Å². The zero-order valence-electron chi connectivity index (χ0n) is 9.97. The molecule has 0 radical (unpaired) electrons. The molecule has 0 saturated carbocycles. The predicted octanol–water partition coefficient (Wildman–Crippen LogP) is 2.69. The van der Waals surface area contributed by atoms with Crippen LogP contribution in [0.25, 0.3) is 0 Å². The van der Waals surface area contributed by atoms with Crippen molar-refractivity contribution >= 4 is 11.7 Å². The molecular weight excluding hydrogens is 249 g/mol. The Morgan fingerprint density at radius 2 is 1.95 bits per heavy atom. The lowest BCUT2D eigenvalue weighted by molar-refractivity contribution is 0.0695. The lowest BCUT2D eigenvalue weighted by atomic mass is 10.1. The lowest BCUT2D eigenvalue weighted by Crippen LogP contribution is -2.09. The Morgan fingerprint density at radius 3 is 2.63 bits per heavy atom. The molecule has 0 amide bonds. The second kappa shape index (κ2) is 5.39. The molecule has 0 spiro atoms. The van der Waals surface area contributed by atoms with Gasteiger partial charge in [-0.1, -0.05) is 24.3 Å². The summed E-state index contributed by atoms with van der Waals surface area (Å²) in [5.41, 5.74) is 6.15. The van der Waals surface area contributed by atoms with E-state index in [1.807, 2.05) is 0 Å². The van der Waals surface area contributed by atoms with Gasteiger partial charge in [0.15, 0.2) is 11.6 Å². The van der Waals surface area contributed by atoms with Gasteiger partial charge in [-0.15, -0.1) is 0 Å². The number of benzene rings is 2. The highest BCUT2D eigenvalue weighted by atomic mass is 19.1. The average Bonchev–Trinajstić information content (AvgIpc) is 2.37. The van der Waals surface area contributed by atoms with E-state index in [2.05, 4.69) is 0 Å². The number of carboxylic acid groups (broad SMARTS) is 1. The van der Waals surface area contributed by atoms with Crippen molar-refractivity contribution in [2.45, 2.75) is 6.61 Å². The van der Waals surface area contributed by atoms with Crippen LogP contribution >= 0.6 is 0 Å². The van der Waals surface area contributed by atoms with Crippen LogP contribution in [0, 0.1) is 5.82 Å². The van der Waals surface area contributed by atoms with E-state index in [9.17, 15) is 9.18 Å². The summed E-state index contributed by atoms with van der Waals surface area (Å²) in [6.45, 7) is -0.0619. The van der Waals surface area contributed by atoms with Crippen molar-refractivity contribution < 1.29 is 19.0 Å². The smallest absolute Gasteiger partial charge is 0.338 e. The molecule has 0 saturated heterocycles. The highest BCUT2D eigenvalue weighted by Gasteiger charge is 2.14. The molecule has 4 nitrogen and oxygen atoms in total. The van der Waals surface area contributed by atoms with E-state index in [1.54, 1.807) is 24.3 Å². The number of rotatable bonds is 4. The van der Waals surface area contributed by atoms with E-state index in [0.29, 0.717) is 5.56 Å². The highest BCUT2D eigenvalue weighted by Crippen LogP contribution is 2.21. The summed E-state index contributed by atoms with van der Waals surface area (Å²) >= 11 is 0. The summed E-state index contributed by atoms with van der Waals surface area (Å²) in [5.74, 6) is -1.56. The lowest BCUT2D eigenvalue weighted by Gasteiger charge is -2.10. The Balaban J connectivity index is 2.23. The first-order valence-electron chi connectivity index (χ1n) is 5.57. The molecule has 0 aliphatic heterocycles. The molecule has 0 aliphatic carbocycles. The quantitative estimate of drug-likeness (QED) is 0.830. The predicted molar refractivity (Wildman–Crippen MR) is 68.5 cm³/mol. The monoisotopic (exact) mass is 261 g/mol. The topological polar surface area (TPSA) is 72.5 Å². The van der Waals surface area contributed by atoms with Crippen LogP contribution in [-0.2, 0) is 6.61 Å². The normalized spacial score (nSPS) is 10.2. The van der Waals surface area contributed by atoms with Gasteiger partial charge in [0.05, 0.1) is 5.56 Å². The Bertz CT molecular complexity index is 613. The van der Waals surface area contributed by atoms with E-state index >= 15 is 0 Å². The fraction of sp³-hybridized carbons (Fsp3) is 0.0714. The van der Waals surface area contributed by atoms with Crippen molar-refractivity contribution in [1.82, 2.24) is 0 Å². The number of carbonyl (C=O) groups is 1. The zero-order chi connectivity index (χ0) is 13.8. The number of para-hydroxylation sites is 1. The van der Waals surface area contributed by atoms with Crippen molar-refractivity contribution in [3.05, 3.63) is 59.4 Å². The van der Waals surface area contributed by atoms with Crippen LogP contribution in [0.4, 0.5) is 10.1 Å². The third kappa shape index (κ3) is 2.82. The molecule has 0 atom stereocenters. The zero-order valence-corrected chi connectivity index (χ0v) is 9.97. The number of aromatic carboxylic acids is 1. The van der Waals surface area contributed by atoms with Gasteiger partial charge in [0, 0.05) is 11.3 Å². The minimum absolute atomic E-state index is 0.0150. The average molecular weight is 261 g/mol. The standard InChI is InChI=1S/C14H12FNO3/c15-10-5-1-2-7-12(10)19-8-9-4-3-6-11(16)13(9)14(17)18/h1-7H,8,16H2,(H,17,18). The van der Waals surface area contributed by atoms with E-state index in [0.717, 1.165) is 0 Å². The van der Waals surface area contributed by atoms with Gasteiger partial charge in [0.25, 0.3) is 0 Å². The van der Waals surface area contributed by atoms with Gasteiger partial charge >= 0.3 is 5.97 Å². The van der Waals surface area contributed by atoms with Crippen molar-refractivity contribution in [2.24, 2.45) is 0 Å². The summed E-state index contributed by atoms with van der Waals surface area (Å²) in [6, 6.07) is 10.6. The maximum atomic E-state index is 13.4. The maximum Gasteiger partial charge on any atom is 0.338 e. The summed E-state index contributed by atoms with van der Waals surface area (Å²) < 4.78 is 18.6. The first kappa shape index (κ1) is 12.9. The number of ether oxygens (including phenoxy) is 1. The minimum Gasteiger partial charge on any atom is -0.486 e. The molecule has 2 aromatic carbocycles. The Morgan fingerprint density at radius 1 is 1.21 bits per heavy atom. The van der Waals surface area contributed by atoms with Gasteiger partial charge in [-0.25, -0.2) is 9.18 Å². The molecule has 0 aromatic heterocycles. The number of anilines is 1. The van der Waals surface area contributed by atoms with Gasteiger partial charge in [-0.3, -0.25) is 0 Å². The molecule has 0 aliphatic rings. The number of halogens is 1. The fourth-order valence-corrected chi connectivity index (χ4v) is 1.72. The first-order chi connectivity index (χ1) is 9.09. The molecule has 19 heavy (non-hydrogen) atoms. The molecule has 2 rings (SSSR count). The first-order valence-corrected chi connectivity index (χ1v) is 5.57. The number of hydrogen-bond acceptors (Lipinski definition) is 3. The largest absolute Gasteiger partial charge is 0.486 e. The third-order valence-electron chi connectivity index (χ3n) is 2.62. The van der Waals surface area contributed by atoms with Gasteiger partial charge in [0.1, 0.15) is 6.61 Å². The van der Waals surface area contributed by atoms with E-state index < -0.39 is 11.8 Å². The minimum atomic E-state index is -1.13. The van der Waals surface area contributed by atoms with Gasteiger partial charge in [-0.2, -0.15) is 0 Å². The van der Waals surface area contributed by atoms with Crippen LogP contribution in [0.3, 0.4) is 0 Å². The van der Waals surface area contributed by atoms with E-state index in [4.69, 9.17) is 15.6 Å². The summed E-state index contributed by atoms with van der Waals surface area (Å²) in [5, 5.41) is 9.09. The molecule has 0 bridgehead atoms. The van der Waals surface area contributed by atoms with Crippen molar-refractivity contribution in [1.29, 1.82) is 0 Å². The van der Waals surface area contributed by atoms with E-state index in [-0.39, 0.29) is 23.6 Å². The van der Waals surface area contributed by atoms with Crippen LogP contribution in [0.5, 0.6) is 5.75 Å². The molecule has 0 unspecified atom stereocenters. The second-order valence-corrected chi connectivity index (χ2v) is 3.91. The van der Waals surface area contributed by atoms with Crippen molar-refractivity contribution in [2.75, 3.05) is 5.73 Å². The van der Waals surface area contributed by atoms with Crippen molar-refractivity contribution in [3.63, 3.8) is 0 Å². The Hall–Kier alpha value is -2.56. The van der Waals surface area contributed by atoms with Gasteiger partial charge < -0.3 is 15.6 Å². The van der Waals surface area contributed by atoms with Crippen molar-refractivity contribution in [3.8, 4) is 5.75 Å². The van der Waals surface area contributed by atoms with Crippen LogP contribution in [0.1, 0.15) is 15.9 Å². The van der Waals surface area contributed by atoms with Crippen LogP contribution in [0.15, 0.2) is 42.5 Å².